The number of carboxylic acids is 1. The van der Waals surface area contributed by atoms with Gasteiger partial charge in [0.2, 0.25) is 0 Å². The van der Waals surface area contributed by atoms with E-state index in [9.17, 15) is 4.79 Å². The van der Waals surface area contributed by atoms with E-state index in [1.165, 1.54) is 17.6 Å². The van der Waals surface area contributed by atoms with Gasteiger partial charge in [0.05, 0.1) is 0 Å². The van der Waals surface area contributed by atoms with Crippen molar-refractivity contribution in [1.82, 2.24) is 15.0 Å². The van der Waals surface area contributed by atoms with Crippen LogP contribution in [0.2, 0.25) is 0 Å². The predicted molar refractivity (Wildman–Crippen MR) is 50.5 cm³/mol. The number of hydrogen-bond donors (Lipinski definition) is 1. The summed E-state index contributed by atoms with van der Waals surface area (Å²) in [6.45, 7) is -0.154. The van der Waals surface area contributed by atoms with Gasteiger partial charge < -0.3 is 14.4 Å². The van der Waals surface area contributed by atoms with Crippen molar-refractivity contribution >= 4 is 23.0 Å². The molecule has 0 saturated carbocycles. The van der Waals surface area contributed by atoms with Gasteiger partial charge in [0, 0.05) is 7.05 Å². The first-order valence-corrected chi connectivity index (χ1v) is 4.15. The highest BCUT2D eigenvalue weighted by molar-refractivity contribution is 5.83. The lowest BCUT2D eigenvalue weighted by Crippen LogP contribution is -2.26. The molecule has 7 nitrogen and oxygen atoms in total. The van der Waals surface area contributed by atoms with Crippen LogP contribution in [0.1, 0.15) is 0 Å². The first kappa shape index (κ1) is 9.38. The second-order valence-corrected chi connectivity index (χ2v) is 2.95. The van der Waals surface area contributed by atoms with E-state index >= 15 is 0 Å². The van der Waals surface area contributed by atoms with Gasteiger partial charge in [-0.3, -0.25) is 4.79 Å². The molecule has 2 aromatic rings. The molecule has 2 heterocycles. The van der Waals surface area contributed by atoms with Gasteiger partial charge >= 0.3 is 5.97 Å². The monoisotopic (exact) mass is 208 g/mol. The van der Waals surface area contributed by atoms with Crippen molar-refractivity contribution in [3.8, 4) is 0 Å². The highest BCUT2D eigenvalue weighted by Crippen LogP contribution is 2.19. The summed E-state index contributed by atoms with van der Waals surface area (Å²) in [7, 11) is 1.62. The van der Waals surface area contributed by atoms with Crippen LogP contribution in [0, 0.1) is 0 Å². The Balaban J connectivity index is 2.42. The number of rotatable bonds is 3. The van der Waals surface area contributed by atoms with Crippen molar-refractivity contribution in [2.75, 3.05) is 18.5 Å². The fourth-order valence-corrected chi connectivity index (χ4v) is 1.24. The number of carboxylic acid groups (broad SMARTS) is 1. The zero-order valence-electron chi connectivity index (χ0n) is 7.91. The van der Waals surface area contributed by atoms with Gasteiger partial charge in [-0.25, -0.2) is 9.97 Å². The van der Waals surface area contributed by atoms with E-state index in [-0.39, 0.29) is 6.54 Å². The molecule has 0 aliphatic heterocycles. The van der Waals surface area contributed by atoms with E-state index in [2.05, 4.69) is 15.0 Å². The topological polar surface area (TPSA) is 92.4 Å². The summed E-state index contributed by atoms with van der Waals surface area (Å²) in [6.07, 6.45) is 2.55. The van der Waals surface area contributed by atoms with E-state index in [0.717, 1.165) is 0 Å². The summed E-state index contributed by atoms with van der Waals surface area (Å²) in [5, 5.41) is 8.64. The Morgan fingerprint density at radius 1 is 1.53 bits per heavy atom. The summed E-state index contributed by atoms with van der Waals surface area (Å²) in [4.78, 5) is 23.7. The van der Waals surface area contributed by atoms with Crippen molar-refractivity contribution in [2.45, 2.75) is 0 Å². The third kappa shape index (κ3) is 1.71. The van der Waals surface area contributed by atoms with E-state index in [0.29, 0.717) is 17.0 Å². The SMILES string of the molecule is CN(CC(=O)O)c1ncnc2ocnc12. The third-order valence-electron chi connectivity index (χ3n) is 1.85. The van der Waals surface area contributed by atoms with Crippen LogP contribution >= 0.6 is 0 Å². The molecule has 2 aromatic heterocycles. The summed E-state index contributed by atoms with van der Waals surface area (Å²) < 4.78 is 4.98. The van der Waals surface area contributed by atoms with Gasteiger partial charge in [-0.15, -0.1) is 0 Å². The maximum absolute atomic E-state index is 10.5. The lowest BCUT2D eigenvalue weighted by Gasteiger charge is -2.14. The molecule has 0 bridgehead atoms. The number of nitrogens with zero attached hydrogens (tertiary/aromatic N) is 4. The van der Waals surface area contributed by atoms with Crippen LogP contribution in [0.3, 0.4) is 0 Å². The number of anilines is 1. The summed E-state index contributed by atoms with van der Waals surface area (Å²) in [5.41, 5.74) is 0.804. The average Bonchev–Trinajstić information content (AvgIpc) is 2.63. The Morgan fingerprint density at radius 3 is 3.07 bits per heavy atom. The summed E-state index contributed by atoms with van der Waals surface area (Å²) >= 11 is 0. The molecule has 78 valence electrons. The van der Waals surface area contributed by atoms with Crippen molar-refractivity contribution in [3.63, 3.8) is 0 Å². The Morgan fingerprint density at radius 2 is 2.33 bits per heavy atom. The molecule has 0 spiro atoms. The largest absolute Gasteiger partial charge is 0.480 e. The van der Waals surface area contributed by atoms with Crippen LogP contribution in [0.4, 0.5) is 5.82 Å². The van der Waals surface area contributed by atoms with Crippen molar-refractivity contribution < 1.29 is 14.3 Å². The Bertz CT molecular complexity index is 495. The zero-order chi connectivity index (χ0) is 10.8. The number of aromatic nitrogens is 3. The fourth-order valence-electron chi connectivity index (χ4n) is 1.24. The number of oxazole rings is 1. The summed E-state index contributed by atoms with van der Waals surface area (Å²) in [6, 6.07) is 0. The first-order valence-electron chi connectivity index (χ1n) is 4.15. The fraction of sp³-hybridized carbons (Fsp3) is 0.250. The highest BCUT2D eigenvalue weighted by atomic mass is 16.4. The Kier molecular flexibility index (Phi) is 2.20. The molecule has 2 rings (SSSR count). The molecule has 0 unspecified atom stereocenters. The molecule has 0 aliphatic rings. The van der Waals surface area contributed by atoms with Gasteiger partial charge in [-0.2, -0.15) is 4.98 Å². The van der Waals surface area contributed by atoms with Crippen molar-refractivity contribution in [1.29, 1.82) is 0 Å². The number of fused-ring (bicyclic) bond motifs is 1. The maximum Gasteiger partial charge on any atom is 0.323 e. The zero-order valence-corrected chi connectivity index (χ0v) is 7.91. The van der Waals surface area contributed by atoms with Gasteiger partial charge in [-0.05, 0) is 0 Å². The molecule has 1 N–H and O–H groups in total. The minimum Gasteiger partial charge on any atom is -0.480 e. The first-order chi connectivity index (χ1) is 7.18. The van der Waals surface area contributed by atoms with Gasteiger partial charge in [0.1, 0.15) is 12.9 Å². The van der Waals surface area contributed by atoms with E-state index in [1.54, 1.807) is 7.05 Å². The lowest BCUT2D eigenvalue weighted by molar-refractivity contribution is -0.135. The molecule has 0 fully saturated rings. The smallest absolute Gasteiger partial charge is 0.323 e. The van der Waals surface area contributed by atoms with Crippen LogP contribution < -0.4 is 4.90 Å². The lowest BCUT2D eigenvalue weighted by atomic mass is 10.4. The van der Waals surface area contributed by atoms with Crippen LogP contribution in [0.5, 0.6) is 0 Å². The molecule has 0 saturated heterocycles. The number of carbonyl (C=O) groups is 1. The second-order valence-electron chi connectivity index (χ2n) is 2.95. The van der Waals surface area contributed by atoms with Gasteiger partial charge in [0.25, 0.3) is 5.71 Å². The quantitative estimate of drug-likeness (QED) is 0.766. The molecule has 7 heteroatoms. The van der Waals surface area contributed by atoms with Crippen LogP contribution in [-0.4, -0.2) is 39.6 Å². The Labute approximate surface area is 84.4 Å². The molecule has 0 radical (unpaired) electrons. The van der Waals surface area contributed by atoms with Crippen molar-refractivity contribution in [2.24, 2.45) is 0 Å². The normalized spacial score (nSPS) is 10.5. The Hall–Kier alpha value is -2.18. The van der Waals surface area contributed by atoms with E-state index in [4.69, 9.17) is 9.52 Å². The maximum atomic E-state index is 10.5. The molecular weight excluding hydrogens is 200 g/mol. The molecule has 15 heavy (non-hydrogen) atoms. The molecule has 0 amide bonds. The summed E-state index contributed by atoms with van der Waals surface area (Å²) in [5.74, 6) is -0.496. The standard InChI is InChI=1S/C8H8N4O3/c1-12(2-5(13)14)7-6-8(10-3-9-7)15-4-11-6/h3-4H,2H2,1H3,(H,13,14). The minimum atomic E-state index is -0.937. The minimum absolute atomic E-state index is 0.154. The number of hydrogen-bond acceptors (Lipinski definition) is 6. The number of likely N-dealkylation sites (N-methyl/N-ethyl adjacent to an activating group) is 1. The molecule has 0 atom stereocenters. The second kappa shape index (κ2) is 3.52. The van der Waals surface area contributed by atoms with Crippen LogP contribution in [0.25, 0.3) is 11.2 Å². The van der Waals surface area contributed by atoms with Crippen LogP contribution in [0.15, 0.2) is 17.1 Å². The average molecular weight is 208 g/mol. The highest BCUT2D eigenvalue weighted by Gasteiger charge is 2.13. The predicted octanol–water partition coefficient (Wildman–Crippen LogP) is 0.139. The number of aliphatic carboxylic acids is 1. The molecule has 0 aromatic carbocycles. The van der Waals surface area contributed by atoms with Crippen LogP contribution in [-0.2, 0) is 4.79 Å². The molecular formula is C8H8N4O3. The van der Waals surface area contributed by atoms with Gasteiger partial charge in [-0.1, -0.05) is 0 Å². The van der Waals surface area contributed by atoms with E-state index in [1.807, 2.05) is 0 Å². The van der Waals surface area contributed by atoms with Crippen molar-refractivity contribution in [3.05, 3.63) is 12.7 Å². The van der Waals surface area contributed by atoms with E-state index < -0.39 is 5.97 Å². The van der Waals surface area contributed by atoms with Gasteiger partial charge in [0.15, 0.2) is 17.7 Å². The third-order valence-corrected chi connectivity index (χ3v) is 1.85. The molecule has 0 aliphatic carbocycles.